The standard InChI is InChI=1S/C13H19F2N/c1-9(2)7-12(16)5-3-10-8-11(14)4-6-13(10)15/h4,6,8-9,12H,3,5,7,16H2,1-2H3. The van der Waals surface area contributed by atoms with Crippen LogP contribution in [0.1, 0.15) is 32.3 Å². The summed E-state index contributed by atoms with van der Waals surface area (Å²) in [6, 6.07) is 3.60. The number of aryl methyl sites for hydroxylation is 1. The Labute approximate surface area is 95.7 Å². The molecule has 0 bridgehead atoms. The van der Waals surface area contributed by atoms with Crippen molar-refractivity contribution < 1.29 is 8.78 Å². The molecular formula is C13H19F2N. The Morgan fingerprint density at radius 2 is 1.94 bits per heavy atom. The highest BCUT2D eigenvalue weighted by molar-refractivity contribution is 5.18. The van der Waals surface area contributed by atoms with Gasteiger partial charge in [-0.3, -0.25) is 0 Å². The van der Waals surface area contributed by atoms with Crippen molar-refractivity contribution in [2.45, 2.75) is 39.2 Å². The van der Waals surface area contributed by atoms with Crippen molar-refractivity contribution >= 4 is 0 Å². The van der Waals surface area contributed by atoms with E-state index in [1.54, 1.807) is 0 Å². The second-order valence-electron chi connectivity index (χ2n) is 4.66. The lowest BCUT2D eigenvalue weighted by atomic mass is 9.98. The van der Waals surface area contributed by atoms with Crippen LogP contribution < -0.4 is 5.73 Å². The van der Waals surface area contributed by atoms with E-state index in [2.05, 4.69) is 13.8 Å². The van der Waals surface area contributed by atoms with E-state index >= 15 is 0 Å². The molecule has 1 atom stereocenters. The van der Waals surface area contributed by atoms with Crippen LogP contribution in [-0.2, 0) is 6.42 Å². The van der Waals surface area contributed by atoms with Gasteiger partial charge in [-0.1, -0.05) is 13.8 Å². The van der Waals surface area contributed by atoms with Crippen molar-refractivity contribution in [3.8, 4) is 0 Å². The lowest BCUT2D eigenvalue weighted by molar-refractivity contribution is 0.469. The molecule has 0 aliphatic carbocycles. The highest BCUT2D eigenvalue weighted by Crippen LogP contribution is 2.14. The van der Waals surface area contributed by atoms with Gasteiger partial charge in [0.05, 0.1) is 0 Å². The number of rotatable bonds is 5. The van der Waals surface area contributed by atoms with E-state index in [0.29, 0.717) is 24.3 Å². The third-order valence-corrected chi connectivity index (χ3v) is 2.57. The van der Waals surface area contributed by atoms with Crippen LogP contribution in [0.25, 0.3) is 0 Å². The highest BCUT2D eigenvalue weighted by Gasteiger charge is 2.08. The zero-order valence-corrected chi connectivity index (χ0v) is 9.84. The predicted octanol–water partition coefficient (Wildman–Crippen LogP) is 3.27. The number of nitrogens with two attached hydrogens (primary N) is 1. The molecular weight excluding hydrogens is 208 g/mol. The van der Waals surface area contributed by atoms with Crippen molar-refractivity contribution in [1.82, 2.24) is 0 Å². The van der Waals surface area contributed by atoms with Gasteiger partial charge >= 0.3 is 0 Å². The van der Waals surface area contributed by atoms with E-state index in [1.807, 2.05) is 0 Å². The summed E-state index contributed by atoms with van der Waals surface area (Å²) in [4.78, 5) is 0. The number of hydrogen-bond acceptors (Lipinski definition) is 1. The Kier molecular flexibility index (Phi) is 4.87. The summed E-state index contributed by atoms with van der Waals surface area (Å²) < 4.78 is 26.2. The van der Waals surface area contributed by atoms with Crippen LogP contribution in [0.4, 0.5) is 8.78 Å². The highest BCUT2D eigenvalue weighted by atomic mass is 19.1. The minimum atomic E-state index is -0.395. The first-order valence-electron chi connectivity index (χ1n) is 5.68. The maximum atomic E-state index is 13.3. The van der Waals surface area contributed by atoms with Gasteiger partial charge in [0.2, 0.25) is 0 Å². The smallest absolute Gasteiger partial charge is 0.126 e. The molecule has 1 unspecified atom stereocenters. The molecule has 1 rings (SSSR count). The van der Waals surface area contributed by atoms with Crippen LogP contribution in [0, 0.1) is 17.6 Å². The van der Waals surface area contributed by atoms with Crippen molar-refractivity contribution in [3.63, 3.8) is 0 Å². The van der Waals surface area contributed by atoms with Gasteiger partial charge in [0.15, 0.2) is 0 Å². The number of hydrogen-bond donors (Lipinski definition) is 1. The first kappa shape index (κ1) is 13.1. The molecule has 0 amide bonds. The molecule has 0 fully saturated rings. The van der Waals surface area contributed by atoms with Gasteiger partial charge in [-0.15, -0.1) is 0 Å². The normalized spacial score (nSPS) is 13.1. The van der Waals surface area contributed by atoms with Crippen molar-refractivity contribution in [3.05, 3.63) is 35.4 Å². The van der Waals surface area contributed by atoms with Gasteiger partial charge in [0.25, 0.3) is 0 Å². The first-order chi connectivity index (χ1) is 7.49. The molecule has 0 heterocycles. The minimum absolute atomic E-state index is 0.0580. The van der Waals surface area contributed by atoms with Gasteiger partial charge in [-0.25, -0.2) is 8.78 Å². The van der Waals surface area contributed by atoms with Gasteiger partial charge < -0.3 is 5.73 Å². The van der Waals surface area contributed by atoms with Crippen LogP contribution in [0.3, 0.4) is 0 Å². The molecule has 1 aromatic rings. The molecule has 1 nitrogen and oxygen atoms in total. The fourth-order valence-corrected chi connectivity index (χ4v) is 1.80. The molecule has 3 heteroatoms. The van der Waals surface area contributed by atoms with Crippen LogP contribution in [-0.4, -0.2) is 6.04 Å². The third kappa shape index (κ3) is 4.27. The molecule has 90 valence electrons. The molecule has 0 aliphatic heterocycles. The van der Waals surface area contributed by atoms with Gasteiger partial charge in [-0.05, 0) is 48.9 Å². The van der Waals surface area contributed by atoms with Crippen molar-refractivity contribution in [1.29, 1.82) is 0 Å². The molecule has 0 saturated heterocycles. The number of halogens is 2. The fraction of sp³-hybridized carbons (Fsp3) is 0.538. The van der Waals surface area contributed by atoms with E-state index < -0.39 is 5.82 Å². The minimum Gasteiger partial charge on any atom is -0.328 e. The van der Waals surface area contributed by atoms with E-state index in [9.17, 15) is 8.78 Å². The first-order valence-corrected chi connectivity index (χ1v) is 5.68. The van der Waals surface area contributed by atoms with Gasteiger partial charge in [-0.2, -0.15) is 0 Å². The number of benzene rings is 1. The Morgan fingerprint density at radius 1 is 1.25 bits per heavy atom. The maximum Gasteiger partial charge on any atom is 0.126 e. The average molecular weight is 227 g/mol. The molecule has 0 radical (unpaired) electrons. The Bertz CT molecular complexity index is 337. The second-order valence-corrected chi connectivity index (χ2v) is 4.66. The summed E-state index contributed by atoms with van der Waals surface area (Å²) in [5.74, 6) is -0.209. The van der Waals surface area contributed by atoms with E-state index in [-0.39, 0.29) is 11.9 Å². The van der Waals surface area contributed by atoms with Crippen LogP contribution in [0.15, 0.2) is 18.2 Å². The predicted molar refractivity (Wildman–Crippen MR) is 62.1 cm³/mol. The molecule has 0 spiro atoms. The average Bonchev–Trinajstić information content (AvgIpc) is 2.18. The Balaban J connectivity index is 2.51. The lowest BCUT2D eigenvalue weighted by Gasteiger charge is -2.14. The quantitative estimate of drug-likeness (QED) is 0.820. The second kappa shape index (κ2) is 5.94. The third-order valence-electron chi connectivity index (χ3n) is 2.57. The van der Waals surface area contributed by atoms with Crippen molar-refractivity contribution in [2.75, 3.05) is 0 Å². The van der Waals surface area contributed by atoms with Crippen molar-refractivity contribution in [2.24, 2.45) is 11.7 Å². The Morgan fingerprint density at radius 3 is 2.56 bits per heavy atom. The lowest BCUT2D eigenvalue weighted by Crippen LogP contribution is -2.22. The van der Waals surface area contributed by atoms with Crippen LogP contribution >= 0.6 is 0 Å². The summed E-state index contributed by atoms with van der Waals surface area (Å²) >= 11 is 0. The topological polar surface area (TPSA) is 26.0 Å². The summed E-state index contributed by atoms with van der Waals surface area (Å²) in [6.45, 7) is 4.20. The van der Waals surface area contributed by atoms with E-state index in [1.165, 1.54) is 12.1 Å². The van der Waals surface area contributed by atoms with Crippen LogP contribution in [0.2, 0.25) is 0 Å². The molecule has 0 saturated carbocycles. The Hall–Kier alpha value is -0.960. The zero-order valence-electron chi connectivity index (χ0n) is 9.84. The summed E-state index contributed by atoms with van der Waals surface area (Å²) in [5.41, 5.74) is 6.31. The largest absolute Gasteiger partial charge is 0.328 e. The summed E-state index contributed by atoms with van der Waals surface area (Å²) in [7, 11) is 0. The van der Waals surface area contributed by atoms with E-state index in [4.69, 9.17) is 5.73 Å². The van der Waals surface area contributed by atoms with Gasteiger partial charge in [0, 0.05) is 6.04 Å². The zero-order chi connectivity index (χ0) is 12.1. The molecule has 1 aromatic carbocycles. The van der Waals surface area contributed by atoms with E-state index in [0.717, 1.165) is 12.5 Å². The summed E-state index contributed by atoms with van der Waals surface area (Å²) in [6.07, 6.45) is 2.10. The maximum absolute atomic E-state index is 13.3. The molecule has 16 heavy (non-hydrogen) atoms. The van der Waals surface area contributed by atoms with Gasteiger partial charge in [0.1, 0.15) is 11.6 Å². The molecule has 0 aliphatic rings. The SMILES string of the molecule is CC(C)CC(N)CCc1cc(F)ccc1F. The van der Waals surface area contributed by atoms with Crippen LogP contribution in [0.5, 0.6) is 0 Å². The summed E-state index contributed by atoms with van der Waals surface area (Å²) in [5, 5.41) is 0. The fourth-order valence-electron chi connectivity index (χ4n) is 1.80. The molecule has 0 aromatic heterocycles. The monoisotopic (exact) mass is 227 g/mol. The molecule has 2 N–H and O–H groups in total.